The van der Waals surface area contributed by atoms with Gasteiger partial charge in [-0.1, -0.05) is 155 Å². The third-order valence-electron chi connectivity index (χ3n) is 11.2. The van der Waals surface area contributed by atoms with Crippen LogP contribution in [0.15, 0.2) is 119 Å². The molecule has 0 radical (unpaired) electrons. The van der Waals surface area contributed by atoms with Crippen LogP contribution in [0.3, 0.4) is 0 Å². The molecule has 6 nitrogen and oxygen atoms in total. The Morgan fingerprint density at radius 1 is 0.355 bits per heavy atom. The lowest BCUT2D eigenvalue weighted by Gasteiger charge is -2.38. The van der Waals surface area contributed by atoms with Gasteiger partial charge in [0.05, 0.1) is 11.4 Å². The zero-order valence-electron chi connectivity index (χ0n) is 38.9. The van der Waals surface area contributed by atoms with Crippen LogP contribution < -0.4 is 8.61 Å². The molecule has 0 unspecified atom stereocenters. The number of rotatable bonds is 10. The average Bonchev–Trinajstić information content (AvgIpc) is 3.21. The quantitative estimate of drug-likeness (QED) is 0.128. The third-order valence-corrected chi connectivity index (χ3v) is 13.5. The van der Waals surface area contributed by atoms with Crippen molar-refractivity contribution in [1.29, 1.82) is 21.0 Å². The molecule has 0 aliphatic heterocycles. The van der Waals surface area contributed by atoms with E-state index < -0.39 is 11.1 Å². The first-order valence-electron chi connectivity index (χ1n) is 21.0. The minimum atomic E-state index is -1.83. The van der Waals surface area contributed by atoms with Gasteiger partial charge in [0.2, 0.25) is 11.1 Å². The summed E-state index contributed by atoms with van der Waals surface area (Å²) in [6, 6.07) is 45.6. The fourth-order valence-corrected chi connectivity index (χ4v) is 8.91. The molecule has 0 atom stereocenters. The van der Waals surface area contributed by atoms with E-state index in [1.165, 1.54) is 23.9 Å². The molecule has 0 saturated heterocycles. The van der Waals surface area contributed by atoms with Gasteiger partial charge in [-0.3, -0.25) is 8.61 Å². The number of nitriles is 4. The van der Waals surface area contributed by atoms with E-state index >= 15 is 0 Å². The van der Waals surface area contributed by atoms with Gasteiger partial charge in [-0.25, -0.2) is 0 Å². The summed E-state index contributed by atoms with van der Waals surface area (Å²) in [5, 5.41) is 45.3. The maximum absolute atomic E-state index is 11.3. The van der Waals surface area contributed by atoms with Crippen LogP contribution in [0, 0.1) is 59.2 Å². The molecule has 0 aliphatic carbocycles. The van der Waals surface area contributed by atoms with Gasteiger partial charge in [0, 0.05) is 20.9 Å². The van der Waals surface area contributed by atoms with Crippen molar-refractivity contribution in [3.8, 4) is 24.3 Å². The van der Waals surface area contributed by atoms with Crippen LogP contribution >= 0.6 is 23.9 Å². The van der Waals surface area contributed by atoms with Crippen LogP contribution in [0.5, 0.6) is 0 Å². The summed E-state index contributed by atoms with van der Waals surface area (Å²) < 4.78 is 3.65. The lowest BCUT2D eigenvalue weighted by Crippen LogP contribution is -2.42. The van der Waals surface area contributed by atoms with Crippen molar-refractivity contribution in [3.05, 3.63) is 154 Å². The van der Waals surface area contributed by atoms with Gasteiger partial charge in [0.1, 0.15) is 24.3 Å². The van der Waals surface area contributed by atoms with E-state index in [-0.39, 0.29) is 21.7 Å². The van der Waals surface area contributed by atoms with Gasteiger partial charge >= 0.3 is 0 Å². The largest absolute Gasteiger partial charge is 0.276 e. The Balaban J connectivity index is 1.77. The van der Waals surface area contributed by atoms with Gasteiger partial charge in [0.15, 0.2) is 0 Å². The Morgan fingerprint density at radius 3 is 0.806 bits per heavy atom. The van der Waals surface area contributed by atoms with Gasteiger partial charge in [-0.2, -0.15) is 21.0 Å². The zero-order valence-corrected chi connectivity index (χ0v) is 40.5. The van der Waals surface area contributed by atoms with Crippen molar-refractivity contribution in [1.82, 2.24) is 0 Å². The number of hydrogen-bond donors (Lipinski definition) is 0. The molecule has 0 saturated carbocycles. The first kappa shape index (κ1) is 47.4. The van der Waals surface area contributed by atoms with Crippen molar-refractivity contribution in [2.24, 2.45) is 0 Å². The molecule has 318 valence electrons. The Morgan fingerprint density at radius 2 is 0.597 bits per heavy atom. The topological polar surface area (TPSA) is 102 Å². The molecule has 0 aromatic heterocycles. The van der Waals surface area contributed by atoms with E-state index in [0.717, 1.165) is 54.5 Å². The minimum absolute atomic E-state index is 0.222. The summed E-state index contributed by atoms with van der Waals surface area (Å²) in [6.45, 7) is 30.0. The fourth-order valence-electron chi connectivity index (χ4n) is 6.90. The van der Waals surface area contributed by atoms with E-state index in [2.05, 4.69) is 144 Å². The van der Waals surface area contributed by atoms with Crippen molar-refractivity contribution in [2.75, 3.05) is 8.61 Å². The summed E-state index contributed by atoms with van der Waals surface area (Å²) in [5.74, 6) is 0. The average molecular weight is 857 g/mol. The van der Waals surface area contributed by atoms with Crippen LogP contribution in [-0.4, -0.2) is 0 Å². The van der Waals surface area contributed by atoms with Crippen LogP contribution in [0.2, 0.25) is 0 Å². The van der Waals surface area contributed by atoms with Crippen molar-refractivity contribution in [3.63, 3.8) is 0 Å². The predicted octanol–water partition coefficient (Wildman–Crippen LogP) is 14.4. The first-order chi connectivity index (χ1) is 28.8. The highest BCUT2D eigenvalue weighted by molar-refractivity contribution is 8.01. The Bertz CT molecular complexity index is 2300. The molecule has 62 heavy (non-hydrogen) atoms. The second-order valence-electron chi connectivity index (χ2n) is 20.4. The maximum Gasteiger partial charge on any atom is 0.250 e. The zero-order chi connectivity index (χ0) is 46.1. The Hall–Kier alpha value is -5.64. The van der Waals surface area contributed by atoms with Crippen molar-refractivity contribution in [2.45, 2.75) is 139 Å². The molecular weight excluding hydrogens is 797 g/mol. The molecule has 8 heteroatoms. The van der Waals surface area contributed by atoms with Gasteiger partial charge < -0.3 is 0 Å². The molecule has 0 heterocycles. The summed E-state index contributed by atoms with van der Waals surface area (Å²) in [4.78, 5) is 1.73. The van der Waals surface area contributed by atoms with Gasteiger partial charge in [0.25, 0.3) is 0 Å². The highest BCUT2D eigenvalue weighted by Crippen LogP contribution is 2.47. The number of aryl methyl sites for hydroxylation is 2. The van der Waals surface area contributed by atoms with Crippen LogP contribution in [0.4, 0.5) is 11.4 Å². The Labute approximate surface area is 380 Å². The second-order valence-corrected chi connectivity index (χ2v) is 22.4. The number of hydrogen-bond acceptors (Lipinski definition) is 8. The SMILES string of the molecule is Cc1ccc(SN(c2cc(C(C)(C)C)cc(C(C)(C)C)c2)C(C#N)(C#N)c2ccc(C(C#N)(C#N)N(Sc3ccc(C)cc3)c3cc(C(C)(C)C)cc(C(C)(C)C)c3)cc2)cc1. The summed E-state index contributed by atoms with van der Waals surface area (Å²) >= 11 is 2.68. The van der Waals surface area contributed by atoms with E-state index in [9.17, 15) is 21.0 Å². The highest BCUT2D eigenvalue weighted by Gasteiger charge is 2.45. The van der Waals surface area contributed by atoms with Gasteiger partial charge in [-0.15, -0.1) is 0 Å². The summed E-state index contributed by atoms with van der Waals surface area (Å²) in [6.07, 6.45) is 0. The van der Waals surface area contributed by atoms with Crippen molar-refractivity contribution >= 4 is 35.3 Å². The first-order valence-corrected chi connectivity index (χ1v) is 22.5. The lowest BCUT2D eigenvalue weighted by atomic mass is 9.80. The highest BCUT2D eigenvalue weighted by atomic mass is 32.2. The summed E-state index contributed by atoms with van der Waals surface area (Å²) in [7, 11) is 0. The molecule has 0 fully saturated rings. The maximum atomic E-state index is 11.3. The van der Waals surface area contributed by atoms with Crippen LogP contribution in [0.1, 0.15) is 128 Å². The molecular formula is C54H60N6S2. The van der Waals surface area contributed by atoms with E-state index in [4.69, 9.17) is 0 Å². The molecule has 0 amide bonds. The number of benzene rings is 5. The van der Waals surface area contributed by atoms with E-state index in [1.807, 2.05) is 71.0 Å². The van der Waals surface area contributed by atoms with Crippen LogP contribution in [-0.2, 0) is 32.7 Å². The smallest absolute Gasteiger partial charge is 0.250 e. The normalized spacial score (nSPS) is 12.4. The van der Waals surface area contributed by atoms with Gasteiger partial charge in [-0.05, 0) is 130 Å². The molecule has 0 aliphatic rings. The summed E-state index contributed by atoms with van der Waals surface area (Å²) in [5.41, 5.74) is 4.24. The molecule has 0 spiro atoms. The van der Waals surface area contributed by atoms with Crippen LogP contribution in [0.25, 0.3) is 0 Å². The fraction of sp³-hybridized carbons (Fsp3) is 0.370. The molecule has 5 aromatic rings. The predicted molar refractivity (Wildman–Crippen MR) is 259 cm³/mol. The third kappa shape index (κ3) is 10.0. The van der Waals surface area contributed by atoms with E-state index in [0.29, 0.717) is 11.1 Å². The number of nitrogens with zero attached hydrogens (tertiary/aromatic N) is 6. The Kier molecular flexibility index (Phi) is 13.5. The monoisotopic (exact) mass is 856 g/mol. The van der Waals surface area contributed by atoms with E-state index in [1.54, 1.807) is 24.3 Å². The number of anilines is 2. The van der Waals surface area contributed by atoms with Crippen molar-refractivity contribution < 1.29 is 0 Å². The molecule has 5 rings (SSSR count). The second kappa shape index (κ2) is 17.6. The molecule has 0 bridgehead atoms. The molecule has 0 N–H and O–H groups in total. The standard InChI is InChI=1S/C54H60N6S2/c1-37-15-23-47(24-16-37)61-59(45-29-41(49(3,4)5)27-42(30-45)50(6,7)8)53(33-55,34-56)39-19-21-40(22-20-39)54(35-57,36-58)60(62-48-25-17-38(2)18-26-48)46-31-43(51(9,10)11)28-44(32-46)52(12,13)14/h15-32H,1-14H3. The lowest BCUT2D eigenvalue weighted by molar-refractivity contribution is 0.567. The molecule has 5 aromatic carbocycles. The minimum Gasteiger partial charge on any atom is -0.276 e.